The number of nitrogens with one attached hydrogen (secondary N) is 1. The normalized spacial score (nSPS) is 12.1. The number of sulfonamides is 2. The van der Waals surface area contributed by atoms with Crippen molar-refractivity contribution in [1.82, 2.24) is 13.9 Å². The van der Waals surface area contributed by atoms with Gasteiger partial charge in [0.1, 0.15) is 0 Å². The Kier molecular flexibility index (Phi) is 8.44. The van der Waals surface area contributed by atoms with E-state index in [1.807, 2.05) is 25.1 Å². The molecule has 0 atom stereocenters. The number of rotatable bonds is 10. The highest BCUT2D eigenvalue weighted by Gasteiger charge is 2.27. The van der Waals surface area contributed by atoms with Gasteiger partial charge in [0, 0.05) is 27.2 Å². The van der Waals surface area contributed by atoms with E-state index in [2.05, 4.69) is 5.32 Å². The van der Waals surface area contributed by atoms with Crippen molar-refractivity contribution < 1.29 is 21.6 Å². The average Bonchev–Trinajstić information content (AvgIpc) is 2.83. The topological polar surface area (TPSA) is 104 Å². The van der Waals surface area contributed by atoms with Crippen LogP contribution in [0.5, 0.6) is 0 Å². The molecule has 0 aromatic heterocycles. The molecule has 0 heterocycles. The number of hydrogen-bond donors (Lipinski definition) is 1. The van der Waals surface area contributed by atoms with Crippen LogP contribution in [0, 0.1) is 6.92 Å². The molecule has 10 heteroatoms. The molecule has 3 aromatic carbocycles. The maximum absolute atomic E-state index is 13.3. The number of amides is 1. The summed E-state index contributed by atoms with van der Waals surface area (Å²) in [4.78, 5) is 13.0. The molecule has 3 rings (SSSR count). The lowest BCUT2D eigenvalue weighted by Gasteiger charge is -2.22. The van der Waals surface area contributed by atoms with Gasteiger partial charge in [-0.2, -0.15) is 4.31 Å². The molecule has 8 nitrogen and oxygen atoms in total. The third kappa shape index (κ3) is 6.76. The lowest BCUT2D eigenvalue weighted by Crippen LogP contribution is -2.40. The van der Waals surface area contributed by atoms with Crippen molar-refractivity contribution in [2.45, 2.75) is 29.8 Å². The van der Waals surface area contributed by atoms with E-state index < -0.39 is 26.0 Å². The molecule has 0 aliphatic rings. The van der Waals surface area contributed by atoms with Crippen LogP contribution >= 0.6 is 0 Å². The van der Waals surface area contributed by atoms with Crippen LogP contribution in [0.25, 0.3) is 0 Å². The molecule has 35 heavy (non-hydrogen) atoms. The second-order valence-corrected chi connectivity index (χ2v) is 12.4. The Bertz CT molecular complexity index is 1350. The summed E-state index contributed by atoms with van der Waals surface area (Å²) in [5.41, 5.74) is 2.38. The maximum Gasteiger partial charge on any atom is 0.243 e. The molecule has 0 fully saturated rings. The summed E-state index contributed by atoms with van der Waals surface area (Å²) >= 11 is 0. The monoisotopic (exact) mass is 515 g/mol. The fourth-order valence-corrected chi connectivity index (χ4v) is 5.57. The van der Waals surface area contributed by atoms with E-state index in [-0.39, 0.29) is 29.4 Å². The smallest absolute Gasteiger partial charge is 0.243 e. The van der Waals surface area contributed by atoms with Crippen molar-refractivity contribution in [3.8, 4) is 0 Å². The molecule has 3 aromatic rings. The first-order valence-electron chi connectivity index (χ1n) is 10.9. The van der Waals surface area contributed by atoms with Crippen LogP contribution < -0.4 is 5.32 Å². The van der Waals surface area contributed by atoms with Crippen molar-refractivity contribution in [3.05, 3.63) is 95.6 Å². The van der Waals surface area contributed by atoms with Gasteiger partial charge in [0.2, 0.25) is 26.0 Å². The molecule has 186 valence electrons. The Balaban J connectivity index is 1.73. The molecule has 0 bridgehead atoms. The Morgan fingerprint density at radius 2 is 1.29 bits per heavy atom. The van der Waals surface area contributed by atoms with Gasteiger partial charge >= 0.3 is 0 Å². The van der Waals surface area contributed by atoms with Crippen molar-refractivity contribution in [1.29, 1.82) is 0 Å². The first kappa shape index (κ1) is 26.6. The summed E-state index contributed by atoms with van der Waals surface area (Å²) in [6.45, 7) is 1.68. The first-order valence-corrected chi connectivity index (χ1v) is 13.8. The van der Waals surface area contributed by atoms with Crippen LogP contribution in [-0.4, -0.2) is 52.0 Å². The lowest BCUT2D eigenvalue weighted by atomic mass is 10.2. The number of benzene rings is 3. The second-order valence-electron chi connectivity index (χ2n) is 8.28. The van der Waals surface area contributed by atoms with Gasteiger partial charge in [-0.05, 0) is 42.3 Å². The van der Waals surface area contributed by atoms with Crippen LogP contribution in [0.3, 0.4) is 0 Å². The minimum atomic E-state index is -3.92. The fraction of sp³-hybridized carbons (Fsp3) is 0.240. The van der Waals surface area contributed by atoms with E-state index in [0.29, 0.717) is 5.56 Å². The van der Waals surface area contributed by atoms with E-state index in [0.717, 1.165) is 19.7 Å². The number of nitrogens with zero attached hydrogens (tertiary/aromatic N) is 2. The Morgan fingerprint density at radius 3 is 1.86 bits per heavy atom. The fourth-order valence-electron chi connectivity index (χ4n) is 3.28. The van der Waals surface area contributed by atoms with Crippen molar-refractivity contribution in [2.24, 2.45) is 0 Å². The van der Waals surface area contributed by atoms with Crippen molar-refractivity contribution in [2.75, 3.05) is 20.6 Å². The molecular weight excluding hydrogens is 486 g/mol. The highest BCUT2D eigenvalue weighted by Crippen LogP contribution is 2.19. The quantitative estimate of drug-likeness (QED) is 0.447. The summed E-state index contributed by atoms with van der Waals surface area (Å²) in [7, 11) is -4.56. The maximum atomic E-state index is 13.3. The average molecular weight is 516 g/mol. The molecule has 0 saturated carbocycles. The van der Waals surface area contributed by atoms with Gasteiger partial charge in [-0.25, -0.2) is 21.1 Å². The highest BCUT2D eigenvalue weighted by atomic mass is 32.2. The third-order valence-corrected chi connectivity index (χ3v) is 9.01. The zero-order valence-electron chi connectivity index (χ0n) is 19.9. The molecule has 0 spiro atoms. The van der Waals surface area contributed by atoms with Crippen LogP contribution in [0.1, 0.15) is 16.7 Å². The molecular formula is C25H29N3O5S2. The highest BCUT2D eigenvalue weighted by molar-refractivity contribution is 7.89. The van der Waals surface area contributed by atoms with Gasteiger partial charge in [-0.3, -0.25) is 4.79 Å². The zero-order chi connectivity index (χ0) is 25.6. The van der Waals surface area contributed by atoms with E-state index in [1.54, 1.807) is 36.4 Å². The van der Waals surface area contributed by atoms with Crippen LogP contribution in [0.4, 0.5) is 0 Å². The summed E-state index contributed by atoms with van der Waals surface area (Å²) in [5, 5.41) is 2.72. The Hall–Kier alpha value is -3.05. The number of carbonyl (C=O) groups excluding carboxylic acids is 1. The largest absolute Gasteiger partial charge is 0.351 e. The van der Waals surface area contributed by atoms with E-state index in [4.69, 9.17) is 0 Å². The Morgan fingerprint density at radius 1 is 0.743 bits per heavy atom. The SMILES string of the molecule is Cc1ccc(S(=O)(=O)N(CC(=O)NCc2ccc(S(=O)(=O)N(C)C)cc2)Cc2ccccc2)cc1. The molecule has 0 aliphatic carbocycles. The molecule has 0 radical (unpaired) electrons. The van der Waals surface area contributed by atoms with Crippen LogP contribution in [0.15, 0.2) is 88.7 Å². The van der Waals surface area contributed by atoms with Gasteiger partial charge in [-0.1, -0.05) is 60.2 Å². The minimum Gasteiger partial charge on any atom is -0.351 e. The number of aryl methyl sites for hydroxylation is 1. The summed E-state index contributed by atoms with van der Waals surface area (Å²) in [5.74, 6) is -0.471. The third-order valence-electron chi connectivity index (χ3n) is 5.37. The summed E-state index contributed by atoms with van der Waals surface area (Å²) in [6, 6.07) is 21.7. The van der Waals surface area contributed by atoms with Gasteiger partial charge in [0.05, 0.1) is 16.3 Å². The van der Waals surface area contributed by atoms with E-state index >= 15 is 0 Å². The van der Waals surface area contributed by atoms with Crippen molar-refractivity contribution >= 4 is 26.0 Å². The molecule has 0 aliphatic heterocycles. The van der Waals surface area contributed by atoms with Crippen molar-refractivity contribution in [3.63, 3.8) is 0 Å². The zero-order valence-corrected chi connectivity index (χ0v) is 21.5. The van der Waals surface area contributed by atoms with Crippen LogP contribution in [-0.2, 0) is 37.9 Å². The van der Waals surface area contributed by atoms with Gasteiger partial charge in [-0.15, -0.1) is 0 Å². The standard InChI is InChI=1S/C25H29N3O5S2/c1-20-9-13-24(14-10-20)35(32,33)28(18-22-7-5-4-6-8-22)19-25(29)26-17-21-11-15-23(16-12-21)34(30,31)27(2)3/h4-16H,17-19H2,1-3H3,(H,26,29). The van der Waals surface area contributed by atoms with Gasteiger partial charge in [0.15, 0.2) is 0 Å². The lowest BCUT2D eigenvalue weighted by molar-refractivity contribution is -0.121. The minimum absolute atomic E-state index is 0.0432. The Labute approximate surface area is 207 Å². The predicted octanol–water partition coefficient (Wildman–Crippen LogP) is 2.75. The van der Waals surface area contributed by atoms with E-state index in [1.165, 1.54) is 38.4 Å². The van der Waals surface area contributed by atoms with E-state index in [9.17, 15) is 21.6 Å². The first-order chi connectivity index (χ1) is 16.5. The van der Waals surface area contributed by atoms with Gasteiger partial charge in [0.25, 0.3) is 0 Å². The number of hydrogen-bond acceptors (Lipinski definition) is 5. The number of carbonyl (C=O) groups is 1. The molecule has 0 saturated heterocycles. The summed E-state index contributed by atoms with van der Waals surface area (Å²) < 4.78 is 53.3. The predicted molar refractivity (Wildman–Crippen MR) is 134 cm³/mol. The molecule has 1 N–H and O–H groups in total. The van der Waals surface area contributed by atoms with Crippen LogP contribution in [0.2, 0.25) is 0 Å². The molecule has 0 unspecified atom stereocenters. The summed E-state index contributed by atoms with van der Waals surface area (Å²) in [6.07, 6.45) is 0. The molecule has 1 amide bonds. The second kappa shape index (κ2) is 11.1. The van der Waals surface area contributed by atoms with Gasteiger partial charge < -0.3 is 5.32 Å².